The maximum Gasteiger partial charge on any atom is 0.338 e. The molecule has 10 heteroatoms. The lowest BCUT2D eigenvalue weighted by molar-refractivity contribution is -0.137. The summed E-state index contributed by atoms with van der Waals surface area (Å²) < 4.78 is 24.4. The topological polar surface area (TPSA) is 105 Å². The van der Waals surface area contributed by atoms with E-state index in [1.54, 1.807) is 48.5 Å². The van der Waals surface area contributed by atoms with Crippen LogP contribution in [0.25, 0.3) is 0 Å². The second-order valence-electron chi connectivity index (χ2n) is 10.8. The molecule has 0 aromatic heterocycles. The Morgan fingerprint density at radius 2 is 0.976 bits per heavy atom. The second kappa shape index (κ2) is 16.4. The standard InChI is InChI=1S/2C16H19BrO4/c2*1-10(18)9-15-14(8-3-11(2)20-15)21-16(19)12-4-6-13(17)7-5-12/h2*4-7,11,14-15H,3,8-9H2,1-2H3/t2*11-,14+,15-/m11/s1. The van der Waals surface area contributed by atoms with E-state index in [4.69, 9.17) is 18.9 Å². The predicted octanol–water partition coefficient (Wildman–Crippen LogP) is 7.04. The van der Waals surface area contributed by atoms with Gasteiger partial charge in [0.25, 0.3) is 0 Å². The number of ketones is 2. The van der Waals surface area contributed by atoms with Crippen molar-refractivity contribution in [2.45, 2.75) is 103 Å². The van der Waals surface area contributed by atoms with E-state index >= 15 is 0 Å². The Balaban J connectivity index is 0.000000230. The van der Waals surface area contributed by atoms with Gasteiger partial charge in [0.2, 0.25) is 0 Å². The van der Waals surface area contributed by atoms with Crippen LogP contribution in [0.5, 0.6) is 0 Å². The first-order valence-electron chi connectivity index (χ1n) is 14.1. The van der Waals surface area contributed by atoms with E-state index in [9.17, 15) is 19.2 Å². The van der Waals surface area contributed by atoms with E-state index in [1.807, 2.05) is 13.8 Å². The zero-order valence-electron chi connectivity index (χ0n) is 24.3. The molecule has 0 aliphatic carbocycles. The molecule has 2 aliphatic rings. The average Bonchev–Trinajstić information content (AvgIpc) is 2.92. The maximum atomic E-state index is 12.2. The first kappa shape index (κ1) is 34.1. The minimum absolute atomic E-state index is 0.0405. The Labute approximate surface area is 264 Å². The molecule has 228 valence electrons. The van der Waals surface area contributed by atoms with Crippen molar-refractivity contribution in [2.75, 3.05) is 0 Å². The number of ether oxygens (including phenoxy) is 4. The first-order valence-corrected chi connectivity index (χ1v) is 15.7. The predicted molar refractivity (Wildman–Crippen MR) is 164 cm³/mol. The monoisotopic (exact) mass is 708 g/mol. The summed E-state index contributed by atoms with van der Waals surface area (Å²) in [5.41, 5.74) is 0.997. The van der Waals surface area contributed by atoms with Crippen LogP contribution in [0.1, 0.15) is 86.9 Å². The van der Waals surface area contributed by atoms with Gasteiger partial charge < -0.3 is 18.9 Å². The molecule has 6 atom stereocenters. The molecule has 0 amide bonds. The van der Waals surface area contributed by atoms with Crippen LogP contribution >= 0.6 is 31.9 Å². The number of benzene rings is 2. The molecule has 42 heavy (non-hydrogen) atoms. The van der Waals surface area contributed by atoms with Gasteiger partial charge in [-0.05, 0) is 102 Å². The molecule has 0 spiro atoms. The Morgan fingerprint density at radius 3 is 1.29 bits per heavy atom. The summed E-state index contributed by atoms with van der Waals surface area (Å²) in [4.78, 5) is 47.0. The molecule has 4 rings (SSSR count). The molecule has 0 unspecified atom stereocenters. The molecular formula is C32H38Br2O8. The van der Waals surface area contributed by atoms with E-state index in [0.29, 0.717) is 11.1 Å². The molecule has 8 nitrogen and oxygen atoms in total. The Morgan fingerprint density at radius 1 is 0.643 bits per heavy atom. The molecule has 2 heterocycles. The largest absolute Gasteiger partial charge is 0.456 e. The highest BCUT2D eigenvalue weighted by atomic mass is 79.9. The Bertz CT molecular complexity index is 1120. The number of Topliss-reactive ketones (excluding diaryl/α,β-unsaturated/α-hetero) is 2. The molecule has 0 N–H and O–H groups in total. The van der Waals surface area contributed by atoms with Gasteiger partial charge in [0.15, 0.2) is 0 Å². The summed E-state index contributed by atoms with van der Waals surface area (Å²) in [5.74, 6) is -0.670. The van der Waals surface area contributed by atoms with Crippen LogP contribution in [0.2, 0.25) is 0 Å². The van der Waals surface area contributed by atoms with E-state index in [-0.39, 0.29) is 73.0 Å². The first-order chi connectivity index (χ1) is 19.9. The van der Waals surface area contributed by atoms with Gasteiger partial charge in [-0.25, -0.2) is 9.59 Å². The molecule has 2 saturated heterocycles. The van der Waals surface area contributed by atoms with Crippen LogP contribution in [-0.2, 0) is 28.5 Å². The van der Waals surface area contributed by atoms with Gasteiger partial charge in [-0.15, -0.1) is 0 Å². The number of carbonyl (C=O) groups excluding carboxylic acids is 4. The van der Waals surface area contributed by atoms with Crippen molar-refractivity contribution in [1.82, 2.24) is 0 Å². The highest BCUT2D eigenvalue weighted by molar-refractivity contribution is 9.10. The summed E-state index contributed by atoms with van der Waals surface area (Å²) in [7, 11) is 0. The van der Waals surface area contributed by atoms with Crippen LogP contribution < -0.4 is 0 Å². The van der Waals surface area contributed by atoms with Crippen molar-refractivity contribution in [3.05, 3.63) is 68.6 Å². The summed E-state index contributed by atoms with van der Waals surface area (Å²) in [5, 5.41) is 0. The van der Waals surface area contributed by atoms with E-state index < -0.39 is 0 Å². The minimum atomic E-state index is -0.376. The van der Waals surface area contributed by atoms with Crippen LogP contribution in [0.15, 0.2) is 57.5 Å². The number of hydrogen-bond donors (Lipinski definition) is 0. The molecule has 2 aromatic carbocycles. The quantitative estimate of drug-likeness (QED) is 0.269. The van der Waals surface area contributed by atoms with Crippen molar-refractivity contribution >= 4 is 55.4 Å². The normalized spacial score (nSPS) is 25.4. The lowest BCUT2D eigenvalue weighted by Crippen LogP contribution is -2.41. The Hall–Kier alpha value is -2.40. The molecule has 2 fully saturated rings. The summed E-state index contributed by atoms with van der Waals surface area (Å²) in [6, 6.07) is 14.0. The van der Waals surface area contributed by atoms with Crippen molar-refractivity contribution in [1.29, 1.82) is 0 Å². The summed E-state index contributed by atoms with van der Waals surface area (Å²) >= 11 is 6.65. The lowest BCUT2D eigenvalue weighted by atomic mass is 9.98. The summed E-state index contributed by atoms with van der Waals surface area (Å²) in [6.07, 6.45) is 2.45. The third-order valence-electron chi connectivity index (χ3n) is 7.01. The van der Waals surface area contributed by atoms with Gasteiger partial charge in [0, 0.05) is 21.8 Å². The SMILES string of the molecule is CC(=O)C[C@H]1O[C@H](C)CC[C@@H]1OC(=O)c1ccc(Br)cc1.CC(=O)C[C@H]1O[C@H](C)CC[C@@H]1OC(=O)c1ccc(Br)cc1. The molecule has 0 bridgehead atoms. The Kier molecular flexibility index (Phi) is 13.4. The second-order valence-corrected chi connectivity index (χ2v) is 12.7. The molecule has 0 saturated carbocycles. The van der Waals surface area contributed by atoms with Crippen LogP contribution in [-0.4, -0.2) is 60.1 Å². The average molecular weight is 710 g/mol. The fourth-order valence-electron chi connectivity index (χ4n) is 4.86. The van der Waals surface area contributed by atoms with Gasteiger partial charge in [-0.1, -0.05) is 31.9 Å². The number of esters is 2. The minimum Gasteiger partial charge on any atom is -0.456 e. The van der Waals surface area contributed by atoms with E-state index in [1.165, 1.54) is 13.8 Å². The van der Waals surface area contributed by atoms with E-state index in [2.05, 4.69) is 31.9 Å². The van der Waals surface area contributed by atoms with Crippen molar-refractivity contribution < 1.29 is 38.1 Å². The lowest BCUT2D eigenvalue weighted by Gasteiger charge is -2.34. The van der Waals surface area contributed by atoms with Crippen LogP contribution in [0.4, 0.5) is 0 Å². The number of halogens is 2. The third kappa shape index (κ3) is 11.0. The summed E-state index contributed by atoms with van der Waals surface area (Å²) in [6.45, 7) is 6.99. The van der Waals surface area contributed by atoms with Gasteiger partial charge in [-0.2, -0.15) is 0 Å². The van der Waals surface area contributed by atoms with Crippen molar-refractivity contribution in [3.8, 4) is 0 Å². The number of carbonyl (C=O) groups is 4. The van der Waals surface area contributed by atoms with Gasteiger partial charge in [-0.3, -0.25) is 9.59 Å². The third-order valence-corrected chi connectivity index (χ3v) is 8.07. The highest BCUT2D eigenvalue weighted by Gasteiger charge is 2.34. The molecular weight excluding hydrogens is 672 g/mol. The molecule has 2 aromatic rings. The fourth-order valence-corrected chi connectivity index (χ4v) is 5.38. The van der Waals surface area contributed by atoms with Crippen LogP contribution in [0, 0.1) is 0 Å². The van der Waals surface area contributed by atoms with E-state index in [0.717, 1.165) is 34.6 Å². The van der Waals surface area contributed by atoms with Crippen molar-refractivity contribution in [3.63, 3.8) is 0 Å². The molecule has 2 aliphatic heterocycles. The van der Waals surface area contributed by atoms with Gasteiger partial charge >= 0.3 is 11.9 Å². The number of hydrogen-bond acceptors (Lipinski definition) is 8. The van der Waals surface area contributed by atoms with Crippen molar-refractivity contribution in [2.24, 2.45) is 0 Å². The van der Waals surface area contributed by atoms with Gasteiger partial charge in [0.1, 0.15) is 36.0 Å². The zero-order chi connectivity index (χ0) is 30.8. The van der Waals surface area contributed by atoms with Crippen LogP contribution in [0.3, 0.4) is 0 Å². The number of rotatable bonds is 8. The molecule has 0 radical (unpaired) electrons. The fraction of sp³-hybridized carbons (Fsp3) is 0.500. The highest BCUT2D eigenvalue weighted by Crippen LogP contribution is 2.27. The smallest absolute Gasteiger partial charge is 0.338 e. The maximum absolute atomic E-state index is 12.2. The van der Waals surface area contributed by atoms with Gasteiger partial charge in [0.05, 0.1) is 23.3 Å². The zero-order valence-corrected chi connectivity index (χ0v) is 27.5.